The number of nitrogens with one attached hydrogen (secondary N) is 1. The van der Waals surface area contributed by atoms with Crippen LogP contribution >= 0.6 is 23.2 Å². The number of rotatable bonds is 4. The first-order valence-electron chi connectivity index (χ1n) is 10.6. The number of fused-ring (bicyclic) bond motifs is 1. The maximum Gasteiger partial charge on any atom is 0.253 e. The van der Waals surface area contributed by atoms with E-state index in [0.29, 0.717) is 29.7 Å². The molecule has 5 rings (SSSR count). The normalized spacial score (nSPS) is 14.8. The van der Waals surface area contributed by atoms with Crippen LogP contribution in [0.5, 0.6) is 0 Å². The van der Waals surface area contributed by atoms with Crippen LogP contribution in [0, 0.1) is 0 Å². The Morgan fingerprint density at radius 1 is 0.875 bits per heavy atom. The fraction of sp³-hybridized carbons (Fsp3) is 0.200. The highest BCUT2D eigenvalue weighted by molar-refractivity contribution is 6.42. The summed E-state index contributed by atoms with van der Waals surface area (Å²) >= 11 is 12.2. The monoisotopic (exact) mass is 464 g/mol. The van der Waals surface area contributed by atoms with Crippen LogP contribution in [0.15, 0.2) is 66.7 Å². The number of halogens is 2. The van der Waals surface area contributed by atoms with Crippen molar-refractivity contribution in [1.82, 2.24) is 19.8 Å². The molecule has 1 aliphatic rings. The predicted octanol–water partition coefficient (Wildman–Crippen LogP) is 5.49. The smallest absolute Gasteiger partial charge is 0.253 e. The number of carbonyl (C=O) groups excluding carboxylic acids is 1. The summed E-state index contributed by atoms with van der Waals surface area (Å²) in [5, 5.41) is 1.01. The Bertz CT molecular complexity index is 1210. The number of H-pyrrole nitrogens is 1. The average molecular weight is 465 g/mol. The topological polar surface area (TPSA) is 52.2 Å². The first-order chi connectivity index (χ1) is 15.6. The second kappa shape index (κ2) is 8.94. The SMILES string of the molecule is O=C(c1ccc(-c2ccccc2)cc1)N1CCN(Cc2nc3cc(Cl)c(Cl)cc3[nH]2)CC1. The lowest BCUT2D eigenvalue weighted by atomic mass is 10.0. The number of benzene rings is 3. The summed E-state index contributed by atoms with van der Waals surface area (Å²) in [6, 6.07) is 21.6. The van der Waals surface area contributed by atoms with E-state index in [4.69, 9.17) is 23.2 Å². The highest BCUT2D eigenvalue weighted by Gasteiger charge is 2.23. The average Bonchev–Trinajstić information content (AvgIpc) is 3.21. The predicted molar refractivity (Wildman–Crippen MR) is 129 cm³/mol. The van der Waals surface area contributed by atoms with E-state index < -0.39 is 0 Å². The van der Waals surface area contributed by atoms with Gasteiger partial charge >= 0.3 is 0 Å². The van der Waals surface area contributed by atoms with Gasteiger partial charge in [0, 0.05) is 31.7 Å². The van der Waals surface area contributed by atoms with E-state index in [2.05, 4.69) is 27.0 Å². The molecule has 0 unspecified atom stereocenters. The summed E-state index contributed by atoms with van der Waals surface area (Å²) in [6.45, 7) is 3.67. The number of nitrogens with zero attached hydrogens (tertiary/aromatic N) is 3. The van der Waals surface area contributed by atoms with Crippen molar-refractivity contribution in [3.63, 3.8) is 0 Å². The Morgan fingerprint density at radius 2 is 1.53 bits per heavy atom. The summed E-state index contributed by atoms with van der Waals surface area (Å²) in [6.07, 6.45) is 0. The third-order valence-electron chi connectivity index (χ3n) is 5.84. The van der Waals surface area contributed by atoms with E-state index in [1.807, 2.05) is 47.4 Å². The van der Waals surface area contributed by atoms with Crippen molar-refractivity contribution in [2.45, 2.75) is 6.54 Å². The van der Waals surface area contributed by atoms with Crippen molar-refractivity contribution in [3.8, 4) is 11.1 Å². The molecule has 0 atom stereocenters. The van der Waals surface area contributed by atoms with Gasteiger partial charge in [0.2, 0.25) is 0 Å². The van der Waals surface area contributed by atoms with Gasteiger partial charge in [-0.05, 0) is 35.4 Å². The van der Waals surface area contributed by atoms with Gasteiger partial charge in [-0.1, -0.05) is 65.7 Å². The van der Waals surface area contributed by atoms with E-state index >= 15 is 0 Å². The van der Waals surface area contributed by atoms with Crippen molar-refractivity contribution in [2.24, 2.45) is 0 Å². The molecule has 4 aromatic rings. The van der Waals surface area contributed by atoms with Crippen LogP contribution in [-0.2, 0) is 6.54 Å². The third-order valence-corrected chi connectivity index (χ3v) is 6.57. The molecule has 2 heterocycles. The molecule has 32 heavy (non-hydrogen) atoms. The minimum Gasteiger partial charge on any atom is -0.341 e. The van der Waals surface area contributed by atoms with E-state index in [1.165, 1.54) is 0 Å². The lowest BCUT2D eigenvalue weighted by molar-refractivity contribution is 0.0626. The number of imidazole rings is 1. The number of aromatic nitrogens is 2. The second-order valence-electron chi connectivity index (χ2n) is 7.98. The molecule has 1 fully saturated rings. The highest BCUT2D eigenvalue weighted by Crippen LogP contribution is 2.27. The first kappa shape index (κ1) is 21.0. The molecule has 5 nitrogen and oxygen atoms in total. The fourth-order valence-corrected chi connectivity index (χ4v) is 4.39. The van der Waals surface area contributed by atoms with Gasteiger partial charge in [-0.25, -0.2) is 4.98 Å². The fourth-order valence-electron chi connectivity index (χ4n) is 4.07. The first-order valence-corrected chi connectivity index (χ1v) is 11.3. The lowest BCUT2D eigenvalue weighted by Gasteiger charge is -2.34. The molecular formula is C25H22Cl2N4O. The van der Waals surface area contributed by atoms with Crippen LogP contribution in [0.2, 0.25) is 10.0 Å². The van der Waals surface area contributed by atoms with Crippen molar-refractivity contribution in [2.75, 3.05) is 26.2 Å². The summed E-state index contributed by atoms with van der Waals surface area (Å²) in [7, 11) is 0. The summed E-state index contributed by atoms with van der Waals surface area (Å²) in [4.78, 5) is 25.1. The zero-order valence-corrected chi connectivity index (χ0v) is 18.9. The molecule has 1 aliphatic heterocycles. The number of piperazine rings is 1. The van der Waals surface area contributed by atoms with Crippen molar-refractivity contribution in [1.29, 1.82) is 0 Å². The molecule has 0 spiro atoms. The molecule has 1 amide bonds. The van der Waals surface area contributed by atoms with Gasteiger partial charge in [-0.15, -0.1) is 0 Å². The molecule has 0 radical (unpaired) electrons. The third kappa shape index (κ3) is 4.37. The summed E-state index contributed by atoms with van der Waals surface area (Å²) in [5.74, 6) is 0.951. The lowest BCUT2D eigenvalue weighted by Crippen LogP contribution is -2.48. The Morgan fingerprint density at radius 3 is 2.25 bits per heavy atom. The van der Waals surface area contributed by atoms with Crippen LogP contribution in [0.3, 0.4) is 0 Å². The van der Waals surface area contributed by atoms with Gasteiger partial charge in [0.05, 0.1) is 27.6 Å². The van der Waals surface area contributed by atoms with Crippen LogP contribution < -0.4 is 0 Å². The maximum absolute atomic E-state index is 13.0. The van der Waals surface area contributed by atoms with Crippen LogP contribution in [-0.4, -0.2) is 51.9 Å². The van der Waals surface area contributed by atoms with Crippen molar-refractivity contribution in [3.05, 3.63) is 88.2 Å². The molecule has 1 aromatic heterocycles. The molecule has 3 aromatic carbocycles. The van der Waals surface area contributed by atoms with Gasteiger partial charge < -0.3 is 9.88 Å². The maximum atomic E-state index is 13.0. The van der Waals surface area contributed by atoms with Gasteiger partial charge in [0.1, 0.15) is 5.82 Å². The van der Waals surface area contributed by atoms with Crippen molar-refractivity contribution < 1.29 is 4.79 Å². The van der Waals surface area contributed by atoms with E-state index in [-0.39, 0.29) is 5.91 Å². The second-order valence-corrected chi connectivity index (χ2v) is 8.79. The quantitative estimate of drug-likeness (QED) is 0.434. The number of hydrogen-bond acceptors (Lipinski definition) is 3. The number of aromatic amines is 1. The Balaban J connectivity index is 1.19. The number of hydrogen-bond donors (Lipinski definition) is 1. The molecule has 1 N–H and O–H groups in total. The Kier molecular flexibility index (Phi) is 5.87. The zero-order chi connectivity index (χ0) is 22.1. The standard InChI is InChI=1S/C25H22Cl2N4O/c26-20-14-22-23(15-21(20)27)29-24(28-22)16-30-10-12-31(13-11-30)25(32)19-8-6-18(7-9-19)17-4-2-1-3-5-17/h1-9,14-15H,10-13,16H2,(H,28,29). The van der Waals surface area contributed by atoms with Crippen LogP contribution in [0.4, 0.5) is 0 Å². The molecule has 162 valence electrons. The number of carbonyl (C=O) groups is 1. The van der Waals surface area contributed by atoms with E-state index in [9.17, 15) is 4.79 Å². The van der Waals surface area contributed by atoms with Gasteiger partial charge in [-0.2, -0.15) is 0 Å². The molecule has 0 saturated carbocycles. The van der Waals surface area contributed by atoms with E-state index in [0.717, 1.165) is 46.6 Å². The van der Waals surface area contributed by atoms with Gasteiger partial charge in [-0.3, -0.25) is 9.69 Å². The summed E-state index contributed by atoms with van der Waals surface area (Å²) < 4.78 is 0. The highest BCUT2D eigenvalue weighted by atomic mass is 35.5. The zero-order valence-electron chi connectivity index (χ0n) is 17.4. The Labute approximate surface area is 196 Å². The largest absolute Gasteiger partial charge is 0.341 e. The van der Waals surface area contributed by atoms with Crippen LogP contribution in [0.25, 0.3) is 22.2 Å². The number of amides is 1. The summed E-state index contributed by atoms with van der Waals surface area (Å²) in [5.41, 5.74) is 4.67. The van der Waals surface area contributed by atoms with E-state index in [1.54, 1.807) is 12.1 Å². The van der Waals surface area contributed by atoms with Gasteiger partial charge in [0.15, 0.2) is 0 Å². The van der Waals surface area contributed by atoms with Crippen molar-refractivity contribution >= 4 is 40.1 Å². The molecule has 0 aliphatic carbocycles. The molecule has 7 heteroatoms. The van der Waals surface area contributed by atoms with Crippen LogP contribution in [0.1, 0.15) is 16.2 Å². The minimum absolute atomic E-state index is 0.0808. The molecule has 0 bridgehead atoms. The molecular weight excluding hydrogens is 443 g/mol. The van der Waals surface area contributed by atoms with Gasteiger partial charge in [0.25, 0.3) is 5.91 Å². The minimum atomic E-state index is 0.0808. The Hall–Kier alpha value is -2.86. The molecule has 1 saturated heterocycles.